The van der Waals surface area contributed by atoms with Crippen molar-refractivity contribution in [1.82, 2.24) is 0 Å². The molecule has 0 amide bonds. The Kier molecular flexibility index (Phi) is 6.38. The summed E-state index contributed by atoms with van der Waals surface area (Å²) in [5.41, 5.74) is 2.88. The van der Waals surface area contributed by atoms with Crippen molar-refractivity contribution >= 4 is 17.4 Å². The van der Waals surface area contributed by atoms with Gasteiger partial charge in [-0.15, -0.1) is 11.8 Å². The second-order valence-corrected chi connectivity index (χ2v) is 8.91. The second kappa shape index (κ2) is 9.13. The lowest BCUT2D eigenvalue weighted by Gasteiger charge is -2.39. The summed E-state index contributed by atoms with van der Waals surface area (Å²) in [5.74, 6) is 0. The van der Waals surface area contributed by atoms with E-state index in [1.54, 1.807) is 4.90 Å². The van der Waals surface area contributed by atoms with Crippen molar-refractivity contribution in [3.8, 4) is 0 Å². The number of quaternary nitrogens is 2. The number of benzene rings is 2. The molecule has 2 N–H and O–H groups in total. The number of thioether (sulfide) groups is 1. The van der Waals surface area contributed by atoms with Gasteiger partial charge in [0.2, 0.25) is 0 Å². The molecule has 2 heterocycles. The van der Waals surface area contributed by atoms with Crippen LogP contribution >= 0.6 is 11.8 Å². The fraction of sp³-hybridized carbons (Fsp3) is 0.478. The SMILES string of the molecule is CSc1ccc(C[NH+]2CCC([NH+]3CCN(c4ccccc4)CC3)CC2)cc1. The summed E-state index contributed by atoms with van der Waals surface area (Å²) in [5, 5.41) is 0. The third-order valence-corrected chi connectivity index (χ3v) is 7.15. The molecule has 4 rings (SSSR count). The number of para-hydroxylation sites is 1. The Bertz CT molecular complexity index is 687. The predicted octanol–water partition coefficient (Wildman–Crippen LogP) is 1.36. The van der Waals surface area contributed by atoms with E-state index in [4.69, 9.17) is 0 Å². The van der Waals surface area contributed by atoms with E-state index < -0.39 is 0 Å². The third kappa shape index (κ3) is 4.87. The van der Waals surface area contributed by atoms with Gasteiger partial charge in [0.1, 0.15) is 6.54 Å². The van der Waals surface area contributed by atoms with E-state index in [0.29, 0.717) is 0 Å². The molecule has 2 aliphatic rings. The van der Waals surface area contributed by atoms with Gasteiger partial charge in [-0.2, -0.15) is 0 Å². The quantitative estimate of drug-likeness (QED) is 0.757. The normalized spacial score (nSPS) is 24.1. The van der Waals surface area contributed by atoms with Crippen molar-refractivity contribution in [3.63, 3.8) is 0 Å². The standard InChI is InChI=1S/C23H31N3S/c1-27-23-9-7-20(8-10-23)19-24-13-11-22(12-14-24)26-17-15-25(16-18-26)21-5-3-2-4-6-21/h2-10,22H,11-19H2,1H3/p+2. The molecular formula is C23H33N3S+2. The molecule has 2 aromatic carbocycles. The summed E-state index contributed by atoms with van der Waals surface area (Å²) in [6.07, 6.45) is 4.92. The van der Waals surface area contributed by atoms with Crippen LogP contribution in [0.1, 0.15) is 18.4 Å². The van der Waals surface area contributed by atoms with Crippen LogP contribution in [0.5, 0.6) is 0 Å². The summed E-state index contributed by atoms with van der Waals surface area (Å²) in [6, 6.07) is 21.0. The first kappa shape index (κ1) is 18.9. The first-order chi connectivity index (χ1) is 13.3. The maximum Gasteiger partial charge on any atom is 0.103 e. The molecule has 0 saturated carbocycles. The van der Waals surface area contributed by atoms with Gasteiger partial charge >= 0.3 is 0 Å². The van der Waals surface area contributed by atoms with Crippen molar-refractivity contribution in [3.05, 3.63) is 60.2 Å². The van der Waals surface area contributed by atoms with E-state index in [9.17, 15) is 0 Å². The summed E-state index contributed by atoms with van der Waals surface area (Å²) in [7, 11) is 0. The van der Waals surface area contributed by atoms with Gasteiger partial charge < -0.3 is 14.7 Å². The number of hydrogen-bond donors (Lipinski definition) is 2. The number of hydrogen-bond acceptors (Lipinski definition) is 2. The van der Waals surface area contributed by atoms with Crippen LogP contribution in [0.15, 0.2) is 59.5 Å². The summed E-state index contributed by atoms with van der Waals surface area (Å²) >= 11 is 1.83. The largest absolute Gasteiger partial charge is 0.360 e. The first-order valence-corrected chi connectivity index (χ1v) is 11.7. The van der Waals surface area contributed by atoms with Crippen molar-refractivity contribution in [2.75, 3.05) is 50.4 Å². The van der Waals surface area contributed by atoms with E-state index >= 15 is 0 Å². The van der Waals surface area contributed by atoms with Gasteiger partial charge in [-0.05, 0) is 30.5 Å². The Morgan fingerprint density at radius 1 is 0.889 bits per heavy atom. The number of nitrogens with one attached hydrogen (secondary N) is 2. The average Bonchev–Trinajstić information content (AvgIpc) is 2.76. The lowest BCUT2D eigenvalue weighted by molar-refractivity contribution is -0.963. The van der Waals surface area contributed by atoms with Crippen LogP contribution in [0.4, 0.5) is 5.69 Å². The molecule has 0 spiro atoms. The second-order valence-electron chi connectivity index (χ2n) is 8.03. The highest BCUT2D eigenvalue weighted by atomic mass is 32.2. The molecule has 0 atom stereocenters. The fourth-order valence-corrected chi connectivity index (χ4v) is 5.15. The highest BCUT2D eigenvalue weighted by Gasteiger charge is 2.32. The minimum atomic E-state index is 0.880. The Hall–Kier alpha value is -1.49. The zero-order valence-corrected chi connectivity index (χ0v) is 17.3. The molecule has 0 aliphatic carbocycles. The lowest BCUT2D eigenvalue weighted by atomic mass is 10.0. The first-order valence-electron chi connectivity index (χ1n) is 10.4. The maximum atomic E-state index is 2.56. The van der Waals surface area contributed by atoms with Crippen molar-refractivity contribution in [1.29, 1.82) is 0 Å². The van der Waals surface area contributed by atoms with E-state index in [1.165, 1.54) is 74.8 Å². The van der Waals surface area contributed by atoms with E-state index in [0.717, 1.165) is 6.04 Å². The van der Waals surface area contributed by atoms with Gasteiger partial charge in [0.25, 0.3) is 0 Å². The molecular weight excluding hydrogens is 350 g/mol. The number of anilines is 1. The number of piperazine rings is 1. The van der Waals surface area contributed by atoms with Crippen molar-refractivity contribution in [2.24, 2.45) is 0 Å². The van der Waals surface area contributed by atoms with Crippen LogP contribution in [-0.2, 0) is 6.54 Å². The highest BCUT2D eigenvalue weighted by molar-refractivity contribution is 7.98. The van der Waals surface area contributed by atoms with Gasteiger partial charge in [0.15, 0.2) is 0 Å². The Balaban J connectivity index is 1.22. The molecule has 2 fully saturated rings. The Labute approximate surface area is 168 Å². The van der Waals surface area contributed by atoms with E-state index in [2.05, 4.69) is 65.8 Å². The van der Waals surface area contributed by atoms with Crippen LogP contribution in [0.3, 0.4) is 0 Å². The molecule has 27 heavy (non-hydrogen) atoms. The highest BCUT2D eigenvalue weighted by Crippen LogP contribution is 2.15. The van der Waals surface area contributed by atoms with Crippen LogP contribution in [0, 0.1) is 0 Å². The fourth-order valence-electron chi connectivity index (χ4n) is 4.74. The molecule has 0 bridgehead atoms. The van der Waals surface area contributed by atoms with Gasteiger partial charge in [-0.3, -0.25) is 0 Å². The minimum absolute atomic E-state index is 0.880. The van der Waals surface area contributed by atoms with Gasteiger partial charge in [0.05, 0.1) is 45.3 Å². The van der Waals surface area contributed by atoms with Crippen molar-refractivity contribution < 1.29 is 9.80 Å². The van der Waals surface area contributed by atoms with Gasteiger partial charge in [0, 0.05) is 29.0 Å². The van der Waals surface area contributed by atoms with Crippen LogP contribution in [-0.4, -0.2) is 51.6 Å². The van der Waals surface area contributed by atoms with Crippen molar-refractivity contribution in [2.45, 2.75) is 30.3 Å². The Morgan fingerprint density at radius 3 is 2.19 bits per heavy atom. The lowest BCUT2D eigenvalue weighted by Crippen LogP contribution is -3.21. The Morgan fingerprint density at radius 2 is 1.56 bits per heavy atom. The van der Waals surface area contributed by atoms with E-state index in [-0.39, 0.29) is 0 Å². The molecule has 2 saturated heterocycles. The van der Waals surface area contributed by atoms with Crippen LogP contribution in [0.2, 0.25) is 0 Å². The van der Waals surface area contributed by atoms with Gasteiger partial charge in [-0.1, -0.05) is 30.3 Å². The number of nitrogens with zero attached hydrogens (tertiary/aromatic N) is 1. The van der Waals surface area contributed by atoms with Crippen LogP contribution < -0.4 is 14.7 Å². The predicted molar refractivity (Wildman–Crippen MR) is 115 cm³/mol. The summed E-state index contributed by atoms with van der Waals surface area (Å²) in [4.78, 5) is 7.55. The minimum Gasteiger partial charge on any atom is -0.360 e. The topological polar surface area (TPSA) is 12.1 Å². The molecule has 144 valence electrons. The van der Waals surface area contributed by atoms with Crippen LogP contribution in [0.25, 0.3) is 0 Å². The number of rotatable bonds is 5. The van der Waals surface area contributed by atoms with Gasteiger partial charge in [-0.25, -0.2) is 0 Å². The third-order valence-electron chi connectivity index (χ3n) is 6.41. The number of piperidine rings is 1. The summed E-state index contributed by atoms with van der Waals surface area (Å²) in [6.45, 7) is 8.86. The van der Waals surface area contributed by atoms with E-state index in [1.807, 2.05) is 16.7 Å². The average molecular weight is 384 g/mol. The molecule has 0 radical (unpaired) electrons. The zero-order valence-electron chi connectivity index (χ0n) is 16.5. The summed E-state index contributed by atoms with van der Waals surface area (Å²) < 4.78 is 0. The number of likely N-dealkylation sites (tertiary alicyclic amines) is 1. The maximum absolute atomic E-state index is 2.56. The molecule has 2 aliphatic heterocycles. The molecule has 3 nitrogen and oxygen atoms in total. The molecule has 0 unspecified atom stereocenters. The molecule has 4 heteroatoms. The molecule has 0 aromatic heterocycles. The zero-order chi connectivity index (χ0) is 18.5. The monoisotopic (exact) mass is 383 g/mol. The molecule has 2 aromatic rings. The smallest absolute Gasteiger partial charge is 0.103 e.